The van der Waals surface area contributed by atoms with Crippen LogP contribution in [0.15, 0.2) is 118 Å². The molecule has 2 aliphatic heterocycles. The molecule has 3 heterocycles. The second-order valence-electron chi connectivity index (χ2n) is 7.51. The van der Waals surface area contributed by atoms with Gasteiger partial charge in [0.05, 0.1) is 23.3 Å². The zero-order valence-electron chi connectivity index (χ0n) is 17.5. The smallest absolute Gasteiger partial charge is 0.213 e. The summed E-state index contributed by atoms with van der Waals surface area (Å²) in [5, 5.41) is 15.9. The molecule has 0 N–H and O–H groups in total. The second kappa shape index (κ2) is 8.77. The molecule has 1 unspecified atom stereocenters. The molecule has 7 heteroatoms. The summed E-state index contributed by atoms with van der Waals surface area (Å²) in [6, 6.07) is 32.8. The van der Waals surface area contributed by atoms with Crippen LogP contribution in [-0.2, 0) is 0 Å². The van der Waals surface area contributed by atoms with Gasteiger partial charge in [0.25, 0.3) is 0 Å². The van der Waals surface area contributed by atoms with E-state index in [1.807, 2.05) is 65.5 Å². The normalized spacial score (nSPS) is 17.3. The number of fused-ring (bicyclic) bond motifs is 1. The van der Waals surface area contributed by atoms with Gasteiger partial charge in [-0.25, -0.2) is 14.7 Å². The lowest BCUT2D eigenvalue weighted by molar-refractivity contribution is 0.387. The van der Waals surface area contributed by atoms with Crippen LogP contribution in [0.3, 0.4) is 0 Å². The van der Waals surface area contributed by atoms with Gasteiger partial charge in [-0.3, -0.25) is 0 Å². The van der Waals surface area contributed by atoms with E-state index < -0.39 is 0 Å². The van der Waals surface area contributed by atoms with Crippen molar-refractivity contribution in [2.75, 3.05) is 0 Å². The molecular formula is C26H19N5S2. The summed E-state index contributed by atoms with van der Waals surface area (Å²) < 4.78 is 1.93. The zero-order valence-corrected chi connectivity index (χ0v) is 19.2. The molecule has 0 saturated heterocycles. The van der Waals surface area contributed by atoms with Crippen LogP contribution in [0, 0.1) is 0 Å². The van der Waals surface area contributed by atoms with E-state index in [1.54, 1.807) is 23.5 Å². The lowest BCUT2D eigenvalue weighted by Gasteiger charge is -2.18. The van der Waals surface area contributed by atoms with Gasteiger partial charge in [-0.15, -0.1) is 5.10 Å². The summed E-state index contributed by atoms with van der Waals surface area (Å²) in [5.41, 5.74) is 5.11. The van der Waals surface area contributed by atoms with Gasteiger partial charge >= 0.3 is 0 Å². The van der Waals surface area contributed by atoms with Gasteiger partial charge in [-0.05, 0) is 35.5 Å². The topological polar surface area (TPSA) is 45.8 Å². The van der Waals surface area contributed by atoms with Crippen LogP contribution >= 0.6 is 23.5 Å². The molecule has 5 nitrogen and oxygen atoms in total. The third-order valence-electron chi connectivity index (χ3n) is 5.33. The molecule has 0 saturated carbocycles. The van der Waals surface area contributed by atoms with Crippen LogP contribution in [0.4, 0.5) is 0 Å². The molecule has 6 rings (SSSR count). The lowest BCUT2D eigenvalue weighted by atomic mass is 10.1. The summed E-state index contributed by atoms with van der Waals surface area (Å²) in [4.78, 5) is 4.73. The number of aromatic nitrogens is 2. The molecule has 0 aliphatic carbocycles. The molecule has 0 radical (unpaired) electrons. The minimum Gasteiger partial charge on any atom is -0.238 e. The van der Waals surface area contributed by atoms with Crippen LogP contribution < -0.4 is 0 Å². The zero-order chi connectivity index (χ0) is 22.0. The standard InChI is InChI=1S/C26H19N5S2/c1-4-10-19(11-5-1)23-16-22(30(28-23)21-14-8-3-9-15-21)17-27-26-29-31-24(33-26)18-32-25(31)20-12-6-2-7-13-20/h1-18,25H. The number of hydrogen-bond donors (Lipinski definition) is 0. The van der Waals surface area contributed by atoms with Gasteiger partial charge in [-0.1, -0.05) is 90.6 Å². The van der Waals surface area contributed by atoms with Crippen LogP contribution in [0.1, 0.15) is 16.6 Å². The van der Waals surface area contributed by atoms with Crippen molar-refractivity contribution in [2.45, 2.75) is 5.37 Å². The number of para-hydroxylation sites is 1. The highest BCUT2D eigenvalue weighted by molar-refractivity contribution is 8.18. The largest absolute Gasteiger partial charge is 0.238 e. The molecule has 4 aromatic rings. The average Bonchev–Trinajstić information content (AvgIpc) is 3.59. The number of nitrogens with zero attached hydrogens (tertiary/aromatic N) is 5. The SMILES string of the molecule is C(=NC1=NN2C(=CSC2c2ccccc2)S1)c1cc(-c2ccccc2)nn1-c1ccccc1. The monoisotopic (exact) mass is 465 g/mol. The highest BCUT2D eigenvalue weighted by atomic mass is 32.2. The summed E-state index contributed by atoms with van der Waals surface area (Å²) in [7, 11) is 0. The van der Waals surface area contributed by atoms with E-state index in [4.69, 9.17) is 15.2 Å². The molecule has 2 aliphatic rings. The van der Waals surface area contributed by atoms with Crippen molar-refractivity contribution >= 4 is 34.9 Å². The van der Waals surface area contributed by atoms with E-state index in [2.05, 4.69) is 52.9 Å². The van der Waals surface area contributed by atoms with Crippen molar-refractivity contribution in [1.82, 2.24) is 14.8 Å². The number of hydrogen-bond acceptors (Lipinski definition) is 6. The fourth-order valence-electron chi connectivity index (χ4n) is 3.75. The minimum absolute atomic E-state index is 0.154. The van der Waals surface area contributed by atoms with Crippen molar-refractivity contribution in [2.24, 2.45) is 10.1 Å². The molecular weight excluding hydrogens is 446 g/mol. The Morgan fingerprint density at radius 3 is 2.30 bits per heavy atom. The van der Waals surface area contributed by atoms with Crippen molar-refractivity contribution in [3.05, 3.63) is 119 Å². The third-order valence-corrected chi connectivity index (χ3v) is 7.46. The Balaban J connectivity index is 1.31. The average molecular weight is 466 g/mol. The van der Waals surface area contributed by atoms with Gasteiger partial charge in [0, 0.05) is 11.0 Å². The Kier molecular flexibility index (Phi) is 5.34. The van der Waals surface area contributed by atoms with Crippen LogP contribution in [0.2, 0.25) is 0 Å². The van der Waals surface area contributed by atoms with E-state index in [1.165, 1.54) is 5.56 Å². The Bertz CT molecular complexity index is 1360. The Morgan fingerprint density at radius 1 is 0.848 bits per heavy atom. The maximum atomic E-state index is 4.86. The Labute approximate surface area is 200 Å². The third kappa shape index (κ3) is 4.01. The first kappa shape index (κ1) is 20.1. The molecule has 1 aromatic heterocycles. The summed E-state index contributed by atoms with van der Waals surface area (Å²) in [6.45, 7) is 0. The van der Waals surface area contributed by atoms with Crippen LogP contribution in [0.25, 0.3) is 16.9 Å². The molecule has 0 amide bonds. The number of aliphatic imine (C=N–C) groups is 1. The van der Waals surface area contributed by atoms with Crippen molar-refractivity contribution < 1.29 is 0 Å². The fraction of sp³-hybridized carbons (Fsp3) is 0.0385. The maximum absolute atomic E-state index is 4.86. The molecule has 0 spiro atoms. The number of benzene rings is 3. The first-order valence-corrected chi connectivity index (χ1v) is 12.3. The highest BCUT2D eigenvalue weighted by Gasteiger charge is 2.34. The number of rotatable bonds is 4. The number of hydrazone groups is 1. The van der Waals surface area contributed by atoms with Crippen LogP contribution in [0.5, 0.6) is 0 Å². The molecule has 33 heavy (non-hydrogen) atoms. The van der Waals surface area contributed by atoms with Crippen molar-refractivity contribution in [1.29, 1.82) is 0 Å². The van der Waals surface area contributed by atoms with Crippen molar-refractivity contribution in [3.63, 3.8) is 0 Å². The molecule has 1 atom stereocenters. The maximum Gasteiger partial charge on any atom is 0.213 e. The van der Waals surface area contributed by atoms with Crippen molar-refractivity contribution in [3.8, 4) is 16.9 Å². The van der Waals surface area contributed by atoms with Gasteiger partial charge in [-0.2, -0.15) is 5.10 Å². The molecule has 160 valence electrons. The second-order valence-corrected chi connectivity index (χ2v) is 9.45. The van der Waals surface area contributed by atoms with Gasteiger partial charge in [0.1, 0.15) is 10.4 Å². The first-order chi connectivity index (χ1) is 16.3. The minimum atomic E-state index is 0.154. The van der Waals surface area contributed by atoms with E-state index in [0.717, 1.165) is 32.8 Å². The van der Waals surface area contributed by atoms with E-state index in [-0.39, 0.29) is 5.37 Å². The predicted octanol–water partition coefficient (Wildman–Crippen LogP) is 6.52. The van der Waals surface area contributed by atoms with Gasteiger partial charge in [0.15, 0.2) is 0 Å². The summed E-state index contributed by atoms with van der Waals surface area (Å²) in [5.74, 6) is 0. The molecule has 0 bridgehead atoms. The number of amidine groups is 1. The summed E-state index contributed by atoms with van der Waals surface area (Å²) >= 11 is 3.37. The van der Waals surface area contributed by atoms with Gasteiger partial charge in [0.2, 0.25) is 5.17 Å². The molecule has 0 fully saturated rings. The lowest BCUT2D eigenvalue weighted by Crippen LogP contribution is -2.12. The highest BCUT2D eigenvalue weighted by Crippen LogP contribution is 2.49. The van der Waals surface area contributed by atoms with E-state index in [0.29, 0.717) is 0 Å². The number of thioether (sulfide) groups is 2. The quantitative estimate of drug-likeness (QED) is 0.322. The molecule has 3 aromatic carbocycles. The summed E-state index contributed by atoms with van der Waals surface area (Å²) in [6.07, 6.45) is 1.85. The fourth-order valence-corrected chi connectivity index (χ4v) is 5.78. The Hall–Kier alpha value is -3.55. The van der Waals surface area contributed by atoms with E-state index >= 15 is 0 Å². The predicted molar refractivity (Wildman–Crippen MR) is 138 cm³/mol. The van der Waals surface area contributed by atoms with Gasteiger partial charge < -0.3 is 0 Å². The van der Waals surface area contributed by atoms with E-state index in [9.17, 15) is 0 Å². The van der Waals surface area contributed by atoms with Crippen LogP contribution in [-0.4, -0.2) is 26.2 Å². The first-order valence-electron chi connectivity index (χ1n) is 10.6. The Morgan fingerprint density at radius 2 is 1.55 bits per heavy atom.